The van der Waals surface area contributed by atoms with Crippen LogP contribution in [0.1, 0.15) is 11.3 Å². The fourth-order valence-corrected chi connectivity index (χ4v) is 2.00. The van der Waals surface area contributed by atoms with Gasteiger partial charge in [0.15, 0.2) is 0 Å². The van der Waals surface area contributed by atoms with Gasteiger partial charge in [0, 0.05) is 11.9 Å². The van der Waals surface area contributed by atoms with Crippen LogP contribution in [0.5, 0.6) is 0 Å². The van der Waals surface area contributed by atoms with Crippen molar-refractivity contribution in [1.82, 2.24) is 10.3 Å². The average molecular weight is 184 g/mol. The molecule has 0 spiro atoms. The molecule has 2 heterocycles. The second-order valence-electron chi connectivity index (χ2n) is 3.71. The van der Waals surface area contributed by atoms with E-state index in [-0.39, 0.29) is 0 Å². The monoisotopic (exact) mass is 184 g/mol. The van der Waals surface area contributed by atoms with Crippen molar-refractivity contribution < 1.29 is 0 Å². The van der Waals surface area contributed by atoms with Gasteiger partial charge in [0.05, 0.1) is 11.2 Å². The molecular formula is C12H12N2. The van der Waals surface area contributed by atoms with Crippen molar-refractivity contribution in [1.29, 1.82) is 0 Å². The number of nitrogens with one attached hydrogen (secondary N) is 1. The van der Waals surface area contributed by atoms with Crippen molar-refractivity contribution in [3.05, 3.63) is 41.6 Å². The Morgan fingerprint density at radius 2 is 2.14 bits per heavy atom. The van der Waals surface area contributed by atoms with Crippen LogP contribution in [-0.2, 0) is 13.0 Å². The van der Waals surface area contributed by atoms with E-state index in [4.69, 9.17) is 0 Å². The number of hydrogen-bond donors (Lipinski definition) is 1. The number of benzene rings is 1. The van der Waals surface area contributed by atoms with Gasteiger partial charge < -0.3 is 5.32 Å². The smallest absolute Gasteiger partial charge is 0.0706 e. The maximum atomic E-state index is 4.65. The van der Waals surface area contributed by atoms with Gasteiger partial charge in [0.2, 0.25) is 0 Å². The Morgan fingerprint density at radius 1 is 1.21 bits per heavy atom. The van der Waals surface area contributed by atoms with Crippen molar-refractivity contribution in [3.8, 4) is 0 Å². The molecule has 0 fully saturated rings. The molecule has 14 heavy (non-hydrogen) atoms. The zero-order valence-corrected chi connectivity index (χ0v) is 7.96. The van der Waals surface area contributed by atoms with Gasteiger partial charge in [0.1, 0.15) is 0 Å². The van der Waals surface area contributed by atoms with E-state index in [2.05, 4.69) is 34.6 Å². The predicted molar refractivity (Wildman–Crippen MR) is 57.2 cm³/mol. The summed E-state index contributed by atoms with van der Waals surface area (Å²) in [6.45, 7) is 1.99. The quantitative estimate of drug-likeness (QED) is 0.676. The molecule has 70 valence electrons. The maximum Gasteiger partial charge on any atom is 0.0706 e. The lowest BCUT2D eigenvalue weighted by atomic mass is 10.0. The van der Waals surface area contributed by atoms with Crippen LogP contribution >= 0.6 is 0 Å². The minimum absolute atomic E-state index is 0.917. The van der Waals surface area contributed by atoms with Crippen molar-refractivity contribution >= 4 is 10.9 Å². The SMILES string of the molecule is c1ccc2nc3c(cc2c1)CCNC3. The van der Waals surface area contributed by atoms with Gasteiger partial charge >= 0.3 is 0 Å². The third-order valence-electron chi connectivity index (χ3n) is 2.76. The molecule has 2 nitrogen and oxygen atoms in total. The molecule has 0 amide bonds. The molecule has 0 saturated heterocycles. The van der Waals surface area contributed by atoms with Crippen LogP contribution in [0.4, 0.5) is 0 Å². The summed E-state index contributed by atoms with van der Waals surface area (Å²) in [5.74, 6) is 0. The highest BCUT2D eigenvalue weighted by atomic mass is 14.9. The third-order valence-corrected chi connectivity index (χ3v) is 2.76. The molecule has 1 aliphatic heterocycles. The van der Waals surface area contributed by atoms with Crippen LogP contribution in [0.25, 0.3) is 10.9 Å². The van der Waals surface area contributed by atoms with E-state index in [0.717, 1.165) is 25.0 Å². The number of hydrogen-bond acceptors (Lipinski definition) is 2. The van der Waals surface area contributed by atoms with Crippen molar-refractivity contribution in [3.63, 3.8) is 0 Å². The van der Waals surface area contributed by atoms with Crippen LogP contribution in [0.3, 0.4) is 0 Å². The highest BCUT2D eigenvalue weighted by Crippen LogP contribution is 2.18. The predicted octanol–water partition coefficient (Wildman–Crippen LogP) is 1.88. The van der Waals surface area contributed by atoms with Crippen LogP contribution in [0, 0.1) is 0 Å². The first kappa shape index (κ1) is 7.94. The highest BCUT2D eigenvalue weighted by Gasteiger charge is 2.10. The summed E-state index contributed by atoms with van der Waals surface area (Å²) in [4.78, 5) is 4.65. The number of para-hydroxylation sites is 1. The van der Waals surface area contributed by atoms with E-state index in [1.807, 2.05) is 6.07 Å². The normalized spacial score (nSPS) is 15.4. The Bertz CT molecular complexity index is 432. The molecule has 0 unspecified atom stereocenters. The summed E-state index contributed by atoms with van der Waals surface area (Å²) in [5.41, 5.74) is 3.73. The van der Waals surface area contributed by atoms with Gasteiger partial charge in [-0.2, -0.15) is 0 Å². The molecule has 1 aromatic carbocycles. The summed E-state index contributed by atoms with van der Waals surface area (Å²) < 4.78 is 0. The molecule has 0 atom stereocenters. The third kappa shape index (κ3) is 1.19. The zero-order chi connectivity index (χ0) is 9.38. The molecule has 0 bridgehead atoms. The second kappa shape index (κ2) is 3.07. The molecule has 0 aliphatic carbocycles. The Morgan fingerprint density at radius 3 is 3.14 bits per heavy atom. The number of fused-ring (bicyclic) bond motifs is 2. The summed E-state index contributed by atoms with van der Waals surface area (Å²) in [6.07, 6.45) is 1.10. The first-order valence-corrected chi connectivity index (χ1v) is 5.02. The zero-order valence-electron chi connectivity index (χ0n) is 7.96. The standard InChI is InChI=1S/C12H12N2/c1-2-4-11-9(3-1)7-10-5-6-13-8-12(10)14-11/h1-4,7,13H,5-6,8H2. The van der Waals surface area contributed by atoms with Gasteiger partial charge in [-0.15, -0.1) is 0 Å². The van der Waals surface area contributed by atoms with Crippen molar-refractivity contribution in [2.24, 2.45) is 0 Å². The van der Waals surface area contributed by atoms with E-state index in [0.29, 0.717) is 0 Å². The lowest BCUT2D eigenvalue weighted by Gasteiger charge is -2.16. The maximum absolute atomic E-state index is 4.65. The van der Waals surface area contributed by atoms with Gasteiger partial charge in [-0.25, -0.2) is 0 Å². The number of nitrogens with zero attached hydrogens (tertiary/aromatic N) is 1. The summed E-state index contributed by atoms with van der Waals surface area (Å²) in [7, 11) is 0. The van der Waals surface area contributed by atoms with Gasteiger partial charge in [0.25, 0.3) is 0 Å². The summed E-state index contributed by atoms with van der Waals surface area (Å²) >= 11 is 0. The summed E-state index contributed by atoms with van der Waals surface area (Å²) in [6, 6.07) is 10.6. The first-order valence-electron chi connectivity index (χ1n) is 5.02. The molecule has 0 saturated carbocycles. The van der Waals surface area contributed by atoms with E-state index in [9.17, 15) is 0 Å². The van der Waals surface area contributed by atoms with Crippen molar-refractivity contribution in [2.75, 3.05) is 6.54 Å². The fraction of sp³-hybridized carbons (Fsp3) is 0.250. The van der Waals surface area contributed by atoms with E-state index in [1.165, 1.54) is 16.6 Å². The number of rotatable bonds is 0. The van der Waals surface area contributed by atoms with E-state index in [1.54, 1.807) is 0 Å². The molecule has 0 radical (unpaired) electrons. The Labute approximate surface area is 83.0 Å². The van der Waals surface area contributed by atoms with Crippen LogP contribution in [0.15, 0.2) is 30.3 Å². The van der Waals surface area contributed by atoms with Crippen LogP contribution in [-0.4, -0.2) is 11.5 Å². The molecule has 2 aromatic rings. The summed E-state index contributed by atoms with van der Waals surface area (Å²) in [5, 5.41) is 4.60. The highest BCUT2D eigenvalue weighted by molar-refractivity contribution is 5.79. The second-order valence-corrected chi connectivity index (χ2v) is 3.71. The topological polar surface area (TPSA) is 24.9 Å². The Kier molecular flexibility index (Phi) is 1.74. The first-order chi connectivity index (χ1) is 6.93. The number of pyridine rings is 1. The molecule has 3 rings (SSSR count). The minimum atomic E-state index is 0.917. The molecule has 1 aromatic heterocycles. The largest absolute Gasteiger partial charge is 0.311 e. The van der Waals surface area contributed by atoms with Gasteiger partial charge in [-0.05, 0) is 30.7 Å². The molecule has 2 heteroatoms. The lowest BCUT2D eigenvalue weighted by Crippen LogP contribution is -2.24. The van der Waals surface area contributed by atoms with Gasteiger partial charge in [-0.3, -0.25) is 4.98 Å². The van der Waals surface area contributed by atoms with E-state index >= 15 is 0 Å². The van der Waals surface area contributed by atoms with Gasteiger partial charge in [-0.1, -0.05) is 18.2 Å². The van der Waals surface area contributed by atoms with Crippen LogP contribution in [0.2, 0.25) is 0 Å². The fourth-order valence-electron chi connectivity index (χ4n) is 2.00. The molecular weight excluding hydrogens is 172 g/mol. The Hall–Kier alpha value is -1.41. The number of aromatic nitrogens is 1. The van der Waals surface area contributed by atoms with E-state index < -0.39 is 0 Å². The lowest BCUT2D eigenvalue weighted by molar-refractivity contribution is 0.630. The van der Waals surface area contributed by atoms with Crippen LogP contribution < -0.4 is 5.32 Å². The minimum Gasteiger partial charge on any atom is -0.311 e. The molecule has 1 N–H and O–H groups in total. The Balaban J connectivity index is 2.27. The molecule has 1 aliphatic rings. The van der Waals surface area contributed by atoms with Crippen molar-refractivity contribution in [2.45, 2.75) is 13.0 Å². The average Bonchev–Trinajstić information content (AvgIpc) is 2.26.